The summed E-state index contributed by atoms with van der Waals surface area (Å²) in [4.78, 5) is 2.16. The molecule has 1 aromatic rings. The fourth-order valence-corrected chi connectivity index (χ4v) is 1.84. The monoisotopic (exact) mass is 232 g/mol. The van der Waals surface area contributed by atoms with Gasteiger partial charge < -0.3 is 9.64 Å². The Morgan fingerprint density at radius 1 is 1.41 bits per heavy atom. The predicted molar refractivity (Wildman–Crippen MR) is 68.9 cm³/mol. The molecule has 1 rings (SSSR count). The zero-order chi connectivity index (χ0) is 12.7. The van der Waals surface area contributed by atoms with Crippen LogP contribution in [0.5, 0.6) is 5.75 Å². The molecular formula is C14H20N2O. The summed E-state index contributed by atoms with van der Waals surface area (Å²) in [5.41, 5.74) is 2.50. The number of nitrogens with zero attached hydrogens (tertiary/aromatic N) is 2. The Hall–Kier alpha value is -1.53. The molecule has 3 nitrogen and oxygen atoms in total. The van der Waals surface area contributed by atoms with Crippen molar-refractivity contribution in [3.8, 4) is 11.8 Å². The number of hydrogen-bond donors (Lipinski definition) is 0. The molecule has 0 spiro atoms. The first-order chi connectivity index (χ1) is 8.21. The Kier molecular flexibility index (Phi) is 5.51. The van der Waals surface area contributed by atoms with Gasteiger partial charge in [0.05, 0.1) is 13.2 Å². The second kappa shape index (κ2) is 6.93. The summed E-state index contributed by atoms with van der Waals surface area (Å²) in [6, 6.07) is 8.45. The molecule has 0 N–H and O–H groups in total. The topological polar surface area (TPSA) is 36.3 Å². The quantitative estimate of drug-likeness (QED) is 0.756. The minimum atomic E-state index is 0.577. The molecule has 0 bridgehead atoms. The largest absolute Gasteiger partial charge is 0.496 e. The van der Waals surface area contributed by atoms with Gasteiger partial charge in [-0.05, 0) is 30.7 Å². The molecule has 0 saturated carbocycles. The van der Waals surface area contributed by atoms with E-state index in [1.165, 1.54) is 11.1 Å². The van der Waals surface area contributed by atoms with Gasteiger partial charge in [0.15, 0.2) is 0 Å². The van der Waals surface area contributed by atoms with Gasteiger partial charge in [0.25, 0.3) is 0 Å². The van der Waals surface area contributed by atoms with Gasteiger partial charge in [0.2, 0.25) is 0 Å². The average Bonchev–Trinajstić information content (AvgIpc) is 2.36. The highest BCUT2D eigenvalue weighted by molar-refractivity contribution is 5.37. The molecule has 0 aliphatic carbocycles. The van der Waals surface area contributed by atoms with E-state index in [1.54, 1.807) is 7.11 Å². The zero-order valence-corrected chi connectivity index (χ0v) is 10.9. The van der Waals surface area contributed by atoms with E-state index in [9.17, 15) is 0 Å². The van der Waals surface area contributed by atoms with Crippen molar-refractivity contribution in [1.29, 1.82) is 5.26 Å². The van der Waals surface area contributed by atoms with Crippen molar-refractivity contribution in [3.05, 3.63) is 29.3 Å². The van der Waals surface area contributed by atoms with Gasteiger partial charge in [0, 0.05) is 19.5 Å². The normalized spacial score (nSPS) is 10.3. The smallest absolute Gasteiger partial charge is 0.122 e. The highest BCUT2D eigenvalue weighted by Gasteiger charge is 2.04. The SMILES string of the molecule is CCc1cc(CN(C)CCC#N)ccc1OC. The van der Waals surface area contributed by atoms with Crippen LogP contribution < -0.4 is 4.74 Å². The van der Waals surface area contributed by atoms with E-state index in [2.05, 4.69) is 30.0 Å². The second-order valence-corrected chi connectivity index (χ2v) is 4.15. The third-order valence-corrected chi connectivity index (χ3v) is 2.78. The first-order valence-corrected chi connectivity index (χ1v) is 5.92. The van der Waals surface area contributed by atoms with Crippen LogP contribution in [0.2, 0.25) is 0 Å². The number of aryl methyl sites for hydroxylation is 1. The molecule has 1 aromatic carbocycles. The third kappa shape index (κ3) is 4.08. The first-order valence-electron chi connectivity index (χ1n) is 5.92. The molecule has 0 saturated heterocycles. The van der Waals surface area contributed by atoms with Gasteiger partial charge in [-0.3, -0.25) is 0 Å². The fourth-order valence-electron chi connectivity index (χ4n) is 1.84. The lowest BCUT2D eigenvalue weighted by Gasteiger charge is -2.16. The molecule has 0 fully saturated rings. The maximum Gasteiger partial charge on any atom is 0.122 e. The minimum absolute atomic E-state index is 0.577. The summed E-state index contributed by atoms with van der Waals surface area (Å²) in [7, 11) is 3.74. The van der Waals surface area contributed by atoms with Crippen LogP contribution in [-0.4, -0.2) is 25.6 Å². The Morgan fingerprint density at radius 2 is 2.18 bits per heavy atom. The van der Waals surface area contributed by atoms with Crippen LogP contribution in [0.25, 0.3) is 0 Å². The highest BCUT2D eigenvalue weighted by Crippen LogP contribution is 2.20. The number of nitriles is 1. The summed E-state index contributed by atoms with van der Waals surface area (Å²) in [6.45, 7) is 3.81. The van der Waals surface area contributed by atoms with E-state index in [1.807, 2.05) is 13.1 Å². The lowest BCUT2D eigenvalue weighted by molar-refractivity contribution is 0.334. The Balaban J connectivity index is 2.69. The van der Waals surface area contributed by atoms with Gasteiger partial charge >= 0.3 is 0 Å². The number of methoxy groups -OCH3 is 1. The van der Waals surface area contributed by atoms with Gasteiger partial charge in [-0.1, -0.05) is 19.1 Å². The van der Waals surface area contributed by atoms with Crippen molar-refractivity contribution in [3.63, 3.8) is 0 Å². The Bertz CT molecular complexity index is 396. The van der Waals surface area contributed by atoms with E-state index in [0.29, 0.717) is 6.42 Å². The maximum atomic E-state index is 8.54. The summed E-state index contributed by atoms with van der Waals surface area (Å²) in [5, 5.41) is 8.54. The molecule has 0 aliphatic heterocycles. The van der Waals surface area contributed by atoms with E-state index in [-0.39, 0.29) is 0 Å². The van der Waals surface area contributed by atoms with Crippen molar-refractivity contribution in [2.75, 3.05) is 20.7 Å². The molecule has 92 valence electrons. The van der Waals surface area contributed by atoms with E-state index < -0.39 is 0 Å². The summed E-state index contributed by atoms with van der Waals surface area (Å²) in [5.74, 6) is 0.955. The van der Waals surface area contributed by atoms with Crippen LogP contribution in [0.15, 0.2) is 18.2 Å². The van der Waals surface area contributed by atoms with Crippen LogP contribution in [0, 0.1) is 11.3 Å². The van der Waals surface area contributed by atoms with Crippen molar-refractivity contribution in [2.24, 2.45) is 0 Å². The maximum absolute atomic E-state index is 8.54. The van der Waals surface area contributed by atoms with Crippen LogP contribution in [0.1, 0.15) is 24.5 Å². The van der Waals surface area contributed by atoms with Crippen LogP contribution in [0.3, 0.4) is 0 Å². The average molecular weight is 232 g/mol. The number of rotatable bonds is 6. The molecule has 0 aromatic heterocycles. The van der Waals surface area contributed by atoms with Crippen LogP contribution in [0.4, 0.5) is 0 Å². The number of hydrogen-bond acceptors (Lipinski definition) is 3. The molecule has 3 heteroatoms. The Morgan fingerprint density at radius 3 is 2.76 bits per heavy atom. The Labute approximate surface area is 104 Å². The number of benzene rings is 1. The molecule has 0 atom stereocenters. The molecule has 17 heavy (non-hydrogen) atoms. The lowest BCUT2D eigenvalue weighted by atomic mass is 10.1. The predicted octanol–water partition coefficient (Wildman–Crippen LogP) is 2.60. The van der Waals surface area contributed by atoms with Crippen molar-refractivity contribution in [1.82, 2.24) is 4.90 Å². The summed E-state index contributed by atoms with van der Waals surface area (Å²) < 4.78 is 5.30. The van der Waals surface area contributed by atoms with Crippen molar-refractivity contribution >= 4 is 0 Å². The first kappa shape index (κ1) is 13.5. The standard InChI is InChI=1S/C14H20N2O/c1-4-13-10-12(6-7-14(13)17-3)11-16(2)9-5-8-15/h6-7,10H,4-5,9,11H2,1-3H3. The molecule has 0 unspecified atom stereocenters. The molecular weight excluding hydrogens is 212 g/mol. The third-order valence-electron chi connectivity index (χ3n) is 2.78. The molecule has 0 heterocycles. The van der Waals surface area contributed by atoms with Crippen molar-refractivity contribution < 1.29 is 4.74 Å². The van der Waals surface area contributed by atoms with Gasteiger partial charge in [0.1, 0.15) is 5.75 Å². The molecule has 0 aliphatic rings. The van der Waals surface area contributed by atoms with E-state index in [4.69, 9.17) is 10.00 Å². The van der Waals surface area contributed by atoms with Crippen LogP contribution in [-0.2, 0) is 13.0 Å². The van der Waals surface area contributed by atoms with Crippen LogP contribution >= 0.6 is 0 Å². The van der Waals surface area contributed by atoms with E-state index >= 15 is 0 Å². The summed E-state index contributed by atoms with van der Waals surface area (Å²) in [6.07, 6.45) is 1.55. The second-order valence-electron chi connectivity index (χ2n) is 4.15. The minimum Gasteiger partial charge on any atom is -0.496 e. The summed E-state index contributed by atoms with van der Waals surface area (Å²) >= 11 is 0. The highest BCUT2D eigenvalue weighted by atomic mass is 16.5. The fraction of sp³-hybridized carbons (Fsp3) is 0.500. The van der Waals surface area contributed by atoms with Gasteiger partial charge in [-0.2, -0.15) is 5.26 Å². The van der Waals surface area contributed by atoms with E-state index in [0.717, 1.165) is 25.3 Å². The number of ether oxygens (including phenoxy) is 1. The van der Waals surface area contributed by atoms with Gasteiger partial charge in [-0.25, -0.2) is 0 Å². The van der Waals surface area contributed by atoms with Gasteiger partial charge in [-0.15, -0.1) is 0 Å². The molecule has 0 amide bonds. The zero-order valence-electron chi connectivity index (χ0n) is 10.9. The molecule has 0 radical (unpaired) electrons. The lowest BCUT2D eigenvalue weighted by Crippen LogP contribution is -2.18. The van der Waals surface area contributed by atoms with Crippen molar-refractivity contribution in [2.45, 2.75) is 26.3 Å².